The highest BCUT2D eigenvalue weighted by Gasteiger charge is 2.30. The molecule has 0 spiro atoms. The lowest BCUT2D eigenvalue weighted by Gasteiger charge is -2.28. The molecule has 0 bridgehead atoms. The van der Waals surface area contributed by atoms with Crippen LogP contribution in [0.4, 0.5) is 4.79 Å². The van der Waals surface area contributed by atoms with E-state index < -0.39 is 54.4 Å². The third-order valence-corrected chi connectivity index (χ3v) is 8.14. The summed E-state index contributed by atoms with van der Waals surface area (Å²) in [5.41, 5.74) is 6.52. The molecule has 3 atom stereocenters. The number of benzene rings is 1. The van der Waals surface area contributed by atoms with Crippen LogP contribution < -0.4 is 36.5 Å². The first-order chi connectivity index (χ1) is 22.4. The summed E-state index contributed by atoms with van der Waals surface area (Å²) in [6, 6.07) is 0.402. The molecule has 1 aromatic rings. The number of carbonyl (C=O) groups is 6. The van der Waals surface area contributed by atoms with Crippen LogP contribution in [-0.4, -0.2) is 96.5 Å². The van der Waals surface area contributed by atoms with Crippen molar-refractivity contribution in [1.82, 2.24) is 21.3 Å². The molecule has 9 N–H and O–H groups in total. The van der Waals surface area contributed by atoms with Crippen molar-refractivity contribution in [2.24, 2.45) is 17.6 Å². The Morgan fingerprint density at radius 2 is 1.45 bits per heavy atom. The molecule has 16 nitrogen and oxygen atoms in total. The second kappa shape index (κ2) is 19.8. The van der Waals surface area contributed by atoms with E-state index in [-0.39, 0.29) is 44.1 Å². The zero-order chi connectivity index (χ0) is 34.9. The molecule has 4 amide bonds. The Morgan fingerprint density at radius 3 is 2.00 bits per heavy atom. The van der Waals surface area contributed by atoms with E-state index >= 15 is 0 Å². The number of hydrogen-bond donors (Lipinski definition) is 8. The van der Waals surface area contributed by atoms with Gasteiger partial charge in [0.05, 0.1) is 14.2 Å². The fourth-order valence-electron chi connectivity index (χ4n) is 5.35. The molecule has 0 aromatic heterocycles. The van der Waals surface area contributed by atoms with Gasteiger partial charge >= 0.3 is 23.9 Å². The first-order valence-corrected chi connectivity index (χ1v) is 15.6. The summed E-state index contributed by atoms with van der Waals surface area (Å²) < 4.78 is 10.7. The normalized spacial score (nSPS) is 17.7. The number of nitrogens with one attached hydrogen (secondary N) is 4. The van der Waals surface area contributed by atoms with Crippen LogP contribution in [-0.2, 0) is 30.4 Å². The van der Waals surface area contributed by atoms with Gasteiger partial charge in [-0.25, -0.2) is 14.4 Å². The summed E-state index contributed by atoms with van der Waals surface area (Å²) in [5.74, 6) is -3.51. The number of ether oxygens (including phenoxy) is 2. The highest BCUT2D eigenvalue weighted by atomic mass is 16.5. The average molecular weight is 666 g/mol. The molecule has 0 heterocycles. The van der Waals surface area contributed by atoms with E-state index in [1.807, 2.05) is 0 Å². The molecular formula is C31H47N5O11. The number of hydrogen-bond acceptors (Lipinski definition) is 9. The van der Waals surface area contributed by atoms with Gasteiger partial charge in [-0.2, -0.15) is 0 Å². The summed E-state index contributed by atoms with van der Waals surface area (Å²) in [5, 5.41) is 37.4. The summed E-state index contributed by atoms with van der Waals surface area (Å²) >= 11 is 0. The largest absolute Gasteiger partial charge is 0.493 e. The Morgan fingerprint density at radius 1 is 0.830 bits per heavy atom. The zero-order valence-electron chi connectivity index (χ0n) is 26.8. The van der Waals surface area contributed by atoms with Crippen LogP contribution in [0.2, 0.25) is 0 Å². The monoisotopic (exact) mass is 665 g/mol. The van der Waals surface area contributed by atoms with Gasteiger partial charge in [0.15, 0.2) is 11.5 Å². The lowest BCUT2D eigenvalue weighted by Crippen LogP contribution is -2.51. The maximum absolute atomic E-state index is 13.3. The Balaban J connectivity index is 1.96. The smallest absolute Gasteiger partial charge is 0.326 e. The average Bonchev–Trinajstić information content (AvgIpc) is 3.04. The molecule has 47 heavy (non-hydrogen) atoms. The van der Waals surface area contributed by atoms with E-state index in [2.05, 4.69) is 21.3 Å². The molecule has 0 saturated heterocycles. The van der Waals surface area contributed by atoms with Crippen LogP contribution in [0.5, 0.6) is 11.5 Å². The first-order valence-electron chi connectivity index (χ1n) is 15.6. The SMILES string of the molecule is COc1ccc(C[C@H](NC(=O)C2CCC(CN)CC2)C(=O)NCCCC[C@H](NC(=O)N[C@@H](CCC(=O)O)C(=O)O)C(=O)O)cc1OC. The van der Waals surface area contributed by atoms with Crippen LogP contribution in [0.25, 0.3) is 0 Å². The van der Waals surface area contributed by atoms with E-state index in [1.165, 1.54) is 14.2 Å². The van der Waals surface area contributed by atoms with E-state index in [9.17, 15) is 39.0 Å². The van der Waals surface area contributed by atoms with Crippen molar-refractivity contribution in [2.45, 2.75) is 82.3 Å². The Hall–Kier alpha value is -4.60. The van der Waals surface area contributed by atoms with E-state index in [0.717, 1.165) is 18.4 Å². The minimum atomic E-state index is -1.51. The van der Waals surface area contributed by atoms with Gasteiger partial charge in [0.25, 0.3) is 0 Å². The molecule has 0 unspecified atom stereocenters. The predicted molar refractivity (Wildman–Crippen MR) is 168 cm³/mol. The summed E-state index contributed by atoms with van der Waals surface area (Å²) in [6.45, 7) is 0.739. The van der Waals surface area contributed by atoms with Crippen LogP contribution >= 0.6 is 0 Å². The molecule has 0 radical (unpaired) electrons. The minimum Gasteiger partial charge on any atom is -0.493 e. The fourth-order valence-corrected chi connectivity index (χ4v) is 5.35. The van der Waals surface area contributed by atoms with Crippen LogP contribution in [0, 0.1) is 11.8 Å². The molecule has 1 aliphatic rings. The van der Waals surface area contributed by atoms with E-state index in [1.54, 1.807) is 18.2 Å². The number of amides is 4. The third-order valence-electron chi connectivity index (χ3n) is 8.14. The van der Waals surface area contributed by atoms with Gasteiger partial charge < -0.3 is 51.8 Å². The van der Waals surface area contributed by atoms with Gasteiger partial charge in [0.1, 0.15) is 18.1 Å². The van der Waals surface area contributed by atoms with Crippen molar-refractivity contribution in [2.75, 3.05) is 27.3 Å². The summed E-state index contributed by atoms with van der Waals surface area (Å²) in [4.78, 5) is 72.4. The van der Waals surface area contributed by atoms with Gasteiger partial charge in [0, 0.05) is 25.3 Å². The van der Waals surface area contributed by atoms with Crippen LogP contribution in [0.1, 0.15) is 63.4 Å². The topological polar surface area (TPSA) is 256 Å². The van der Waals surface area contributed by atoms with Crippen molar-refractivity contribution in [3.63, 3.8) is 0 Å². The number of unbranched alkanes of at least 4 members (excludes halogenated alkanes) is 1. The number of nitrogens with two attached hydrogens (primary N) is 1. The zero-order valence-corrected chi connectivity index (χ0v) is 26.8. The number of carboxylic acid groups (broad SMARTS) is 3. The van der Waals surface area contributed by atoms with Gasteiger partial charge in [-0.15, -0.1) is 0 Å². The number of rotatable bonds is 20. The number of aliphatic carboxylic acids is 3. The van der Waals surface area contributed by atoms with Crippen LogP contribution in [0.3, 0.4) is 0 Å². The number of carbonyl (C=O) groups excluding carboxylic acids is 3. The maximum atomic E-state index is 13.3. The molecule has 16 heteroatoms. The molecule has 1 saturated carbocycles. The van der Waals surface area contributed by atoms with Crippen molar-refractivity contribution >= 4 is 35.8 Å². The van der Waals surface area contributed by atoms with Gasteiger partial charge in [0.2, 0.25) is 11.8 Å². The fraction of sp³-hybridized carbons (Fsp3) is 0.613. The molecule has 262 valence electrons. The first kappa shape index (κ1) is 38.6. The molecule has 0 aliphatic heterocycles. The maximum Gasteiger partial charge on any atom is 0.326 e. The molecule has 1 aliphatic carbocycles. The van der Waals surface area contributed by atoms with Gasteiger partial charge in [-0.3, -0.25) is 14.4 Å². The number of urea groups is 1. The Kier molecular flexibility index (Phi) is 16.3. The molecule has 1 fully saturated rings. The van der Waals surface area contributed by atoms with Crippen molar-refractivity contribution in [1.29, 1.82) is 0 Å². The predicted octanol–water partition coefficient (Wildman–Crippen LogP) is 0.853. The standard InChI is InChI=1S/C31H47N5O11/c1-46-24-12-8-19(16-25(24)47-2)15-23(34-27(39)20-9-6-18(17-32)7-10-20)28(40)33-14-4-3-5-21(29(41)42)35-31(45)36-22(30(43)44)11-13-26(37)38/h8,12,16,18,20-23H,3-7,9-11,13-15,17,32H2,1-2H3,(H,33,40)(H,34,39)(H,37,38)(H,41,42)(H,43,44)(H2,35,36,45)/t18?,20?,21-,22-,23-/m0/s1. The molecular weight excluding hydrogens is 618 g/mol. The third kappa shape index (κ3) is 13.3. The van der Waals surface area contributed by atoms with Gasteiger partial charge in [-0.1, -0.05) is 6.07 Å². The minimum absolute atomic E-state index is 0.0250. The summed E-state index contributed by atoms with van der Waals surface area (Å²) in [6.07, 6.45) is 2.97. The highest BCUT2D eigenvalue weighted by Crippen LogP contribution is 2.29. The Labute approximate surface area is 273 Å². The summed E-state index contributed by atoms with van der Waals surface area (Å²) in [7, 11) is 3.01. The van der Waals surface area contributed by atoms with E-state index in [4.69, 9.17) is 20.3 Å². The van der Waals surface area contributed by atoms with Crippen LogP contribution in [0.15, 0.2) is 18.2 Å². The van der Waals surface area contributed by atoms with Crippen molar-refractivity contribution in [3.05, 3.63) is 23.8 Å². The quantitative estimate of drug-likeness (QED) is 0.0902. The lowest BCUT2D eigenvalue weighted by atomic mass is 9.81. The van der Waals surface area contributed by atoms with Crippen molar-refractivity contribution in [3.8, 4) is 11.5 Å². The Bertz CT molecular complexity index is 1240. The van der Waals surface area contributed by atoms with Crippen molar-refractivity contribution < 1.29 is 53.6 Å². The second-order valence-corrected chi connectivity index (χ2v) is 11.5. The van der Waals surface area contributed by atoms with Gasteiger partial charge in [-0.05, 0) is 81.5 Å². The second-order valence-electron chi connectivity index (χ2n) is 11.5. The number of carboxylic acids is 3. The molecule has 1 aromatic carbocycles. The van der Waals surface area contributed by atoms with E-state index in [0.29, 0.717) is 43.2 Å². The number of methoxy groups -OCH3 is 2. The lowest BCUT2D eigenvalue weighted by molar-refractivity contribution is -0.141. The molecule has 2 rings (SSSR count). The highest BCUT2D eigenvalue weighted by molar-refractivity contribution is 5.89.